The van der Waals surface area contributed by atoms with Gasteiger partial charge in [-0.2, -0.15) is 0 Å². The van der Waals surface area contributed by atoms with Crippen molar-refractivity contribution in [3.05, 3.63) is 65.7 Å². The van der Waals surface area contributed by atoms with Gasteiger partial charge in [0.05, 0.1) is 26.1 Å². The van der Waals surface area contributed by atoms with Gasteiger partial charge in [0, 0.05) is 6.54 Å². The number of likely N-dealkylation sites (N-methyl/N-ethyl adjacent to an activating group) is 1. The first-order valence-corrected chi connectivity index (χ1v) is 8.87. The summed E-state index contributed by atoms with van der Waals surface area (Å²) in [7, 11) is 5.54. The van der Waals surface area contributed by atoms with Crippen LogP contribution in [0.25, 0.3) is 0 Å². The van der Waals surface area contributed by atoms with Crippen LogP contribution in [0, 0.1) is 0 Å². The number of carbonyl (C=O) groups excluding carboxylic acids is 2. The number of methoxy groups -OCH3 is 1. The van der Waals surface area contributed by atoms with Crippen LogP contribution in [0.15, 0.2) is 54.6 Å². The summed E-state index contributed by atoms with van der Waals surface area (Å²) in [4.78, 5) is 26.1. The lowest BCUT2D eigenvalue weighted by molar-refractivity contribution is -0.125. The van der Waals surface area contributed by atoms with Crippen molar-refractivity contribution in [3.63, 3.8) is 0 Å². The lowest BCUT2D eigenvalue weighted by Crippen LogP contribution is -2.41. The molecule has 0 fully saturated rings. The summed E-state index contributed by atoms with van der Waals surface area (Å²) in [5.41, 5.74) is 1.97. The van der Waals surface area contributed by atoms with E-state index in [1.807, 2.05) is 73.6 Å². The summed E-state index contributed by atoms with van der Waals surface area (Å²) in [5, 5.41) is 5.54. The van der Waals surface area contributed by atoms with Gasteiger partial charge in [0.25, 0.3) is 0 Å². The van der Waals surface area contributed by atoms with Crippen LogP contribution in [0.5, 0.6) is 5.75 Å². The van der Waals surface area contributed by atoms with Crippen molar-refractivity contribution in [2.75, 3.05) is 34.3 Å². The summed E-state index contributed by atoms with van der Waals surface area (Å²) in [6.45, 7) is 0.400. The topological polar surface area (TPSA) is 70.7 Å². The molecule has 0 aliphatic carbocycles. The van der Waals surface area contributed by atoms with E-state index in [0.29, 0.717) is 6.54 Å². The van der Waals surface area contributed by atoms with E-state index < -0.39 is 0 Å². The zero-order valence-corrected chi connectivity index (χ0v) is 16.1. The summed E-state index contributed by atoms with van der Waals surface area (Å²) >= 11 is 0. The maximum absolute atomic E-state index is 12.1. The Morgan fingerprint density at radius 3 is 2.41 bits per heavy atom. The molecule has 0 saturated heterocycles. The van der Waals surface area contributed by atoms with Crippen LogP contribution < -0.4 is 15.4 Å². The highest BCUT2D eigenvalue weighted by Crippen LogP contribution is 2.21. The Bertz CT molecular complexity index is 747. The first kappa shape index (κ1) is 20.5. The minimum atomic E-state index is -0.217. The predicted octanol–water partition coefficient (Wildman–Crippen LogP) is 1.77. The van der Waals surface area contributed by atoms with Crippen molar-refractivity contribution < 1.29 is 14.3 Å². The van der Waals surface area contributed by atoms with Crippen LogP contribution >= 0.6 is 0 Å². The molecule has 0 spiro atoms. The Hall–Kier alpha value is -2.86. The van der Waals surface area contributed by atoms with E-state index in [9.17, 15) is 9.59 Å². The minimum Gasteiger partial charge on any atom is -0.497 e. The van der Waals surface area contributed by atoms with Crippen LogP contribution in [-0.2, 0) is 16.0 Å². The second-order valence-electron chi connectivity index (χ2n) is 6.50. The van der Waals surface area contributed by atoms with Gasteiger partial charge in [0.15, 0.2) is 0 Å². The number of rotatable bonds is 9. The smallest absolute Gasteiger partial charge is 0.239 e. The normalized spacial score (nSPS) is 11.7. The van der Waals surface area contributed by atoms with E-state index in [0.717, 1.165) is 16.9 Å². The number of carbonyl (C=O) groups is 2. The molecule has 6 heteroatoms. The fourth-order valence-electron chi connectivity index (χ4n) is 2.74. The molecule has 2 amide bonds. The zero-order chi connectivity index (χ0) is 19.6. The average molecular weight is 369 g/mol. The van der Waals surface area contributed by atoms with E-state index in [1.165, 1.54) is 0 Å². The third-order valence-corrected chi connectivity index (χ3v) is 4.25. The molecule has 0 bridgehead atoms. The summed E-state index contributed by atoms with van der Waals surface area (Å²) in [6, 6.07) is 17.2. The fraction of sp³-hybridized carbons (Fsp3) is 0.333. The van der Waals surface area contributed by atoms with Gasteiger partial charge in [-0.3, -0.25) is 9.59 Å². The highest BCUT2D eigenvalue weighted by molar-refractivity contribution is 5.85. The number of amides is 2. The van der Waals surface area contributed by atoms with Crippen LogP contribution in [0.4, 0.5) is 0 Å². The summed E-state index contributed by atoms with van der Waals surface area (Å²) in [5.74, 6) is 0.387. The van der Waals surface area contributed by atoms with Gasteiger partial charge in [0.2, 0.25) is 11.8 Å². The monoisotopic (exact) mass is 369 g/mol. The highest BCUT2D eigenvalue weighted by atomic mass is 16.5. The maximum atomic E-state index is 12.1. The Morgan fingerprint density at radius 2 is 1.74 bits per heavy atom. The Labute approximate surface area is 160 Å². The zero-order valence-electron chi connectivity index (χ0n) is 16.1. The van der Waals surface area contributed by atoms with Gasteiger partial charge in [-0.25, -0.2) is 0 Å². The van der Waals surface area contributed by atoms with Gasteiger partial charge in [-0.05, 0) is 37.4 Å². The van der Waals surface area contributed by atoms with Crippen molar-refractivity contribution in [1.29, 1.82) is 0 Å². The quantitative estimate of drug-likeness (QED) is 0.707. The molecule has 0 saturated carbocycles. The summed E-state index contributed by atoms with van der Waals surface area (Å²) in [6.07, 6.45) is 0.262. The molecule has 2 rings (SSSR count). The van der Waals surface area contributed by atoms with Crippen molar-refractivity contribution in [2.45, 2.75) is 12.5 Å². The maximum Gasteiger partial charge on any atom is 0.239 e. The molecule has 0 heterocycles. The lowest BCUT2D eigenvalue weighted by Gasteiger charge is -2.25. The molecule has 2 aromatic rings. The minimum absolute atomic E-state index is 0.00377. The number of ether oxygens (including phenoxy) is 1. The molecule has 0 aliphatic rings. The van der Waals surface area contributed by atoms with Crippen LogP contribution in [-0.4, -0.2) is 51.0 Å². The number of nitrogens with zero attached hydrogens (tertiary/aromatic N) is 1. The predicted molar refractivity (Wildman–Crippen MR) is 106 cm³/mol. The third kappa shape index (κ3) is 6.75. The van der Waals surface area contributed by atoms with Crippen molar-refractivity contribution in [2.24, 2.45) is 0 Å². The standard InChI is InChI=1S/C21H27N3O3/c1-24(2)19(17-10-7-11-18(13-17)27-3)14-22-21(26)15-23-20(25)12-16-8-5-4-6-9-16/h4-11,13,19H,12,14-15H2,1-3H3,(H,22,26)(H,23,25). The molecule has 1 unspecified atom stereocenters. The van der Waals surface area contributed by atoms with Crippen LogP contribution in [0.1, 0.15) is 17.2 Å². The number of benzene rings is 2. The van der Waals surface area contributed by atoms with E-state index in [1.54, 1.807) is 7.11 Å². The van der Waals surface area contributed by atoms with Crippen LogP contribution in [0.2, 0.25) is 0 Å². The number of nitrogens with one attached hydrogen (secondary N) is 2. The second-order valence-corrected chi connectivity index (χ2v) is 6.50. The van der Waals surface area contributed by atoms with E-state index >= 15 is 0 Å². The second kappa shape index (κ2) is 10.3. The SMILES string of the molecule is COc1cccc(C(CNC(=O)CNC(=O)Cc2ccccc2)N(C)C)c1. The van der Waals surface area contributed by atoms with Crippen molar-refractivity contribution in [1.82, 2.24) is 15.5 Å². The Morgan fingerprint density at radius 1 is 1.00 bits per heavy atom. The molecule has 2 aromatic carbocycles. The molecule has 2 N–H and O–H groups in total. The number of hydrogen-bond donors (Lipinski definition) is 2. The third-order valence-electron chi connectivity index (χ3n) is 4.25. The Balaban J connectivity index is 1.82. The fourth-order valence-corrected chi connectivity index (χ4v) is 2.74. The van der Waals surface area contributed by atoms with Crippen molar-refractivity contribution in [3.8, 4) is 5.75 Å². The molecule has 144 valence electrons. The molecule has 0 radical (unpaired) electrons. The summed E-state index contributed by atoms with van der Waals surface area (Å²) < 4.78 is 5.27. The van der Waals surface area contributed by atoms with E-state index in [4.69, 9.17) is 4.74 Å². The molecular weight excluding hydrogens is 342 g/mol. The first-order chi connectivity index (χ1) is 13.0. The van der Waals surface area contributed by atoms with E-state index in [2.05, 4.69) is 10.6 Å². The van der Waals surface area contributed by atoms with Gasteiger partial charge >= 0.3 is 0 Å². The largest absolute Gasteiger partial charge is 0.497 e. The molecule has 0 aromatic heterocycles. The Kier molecular flexibility index (Phi) is 7.82. The highest BCUT2D eigenvalue weighted by Gasteiger charge is 2.16. The van der Waals surface area contributed by atoms with Gasteiger partial charge in [-0.1, -0.05) is 42.5 Å². The molecule has 0 aliphatic heterocycles. The molecule has 27 heavy (non-hydrogen) atoms. The molecule has 6 nitrogen and oxygen atoms in total. The molecular formula is C21H27N3O3. The van der Waals surface area contributed by atoms with Gasteiger partial charge in [-0.15, -0.1) is 0 Å². The first-order valence-electron chi connectivity index (χ1n) is 8.87. The van der Waals surface area contributed by atoms with Gasteiger partial charge in [0.1, 0.15) is 5.75 Å². The molecule has 1 atom stereocenters. The van der Waals surface area contributed by atoms with Crippen LogP contribution in [0.3, 0.4) is 0 Å². The lowest BCUT2D eigenvalue weighted by atomic mass is 10.1. The van der Waals surface area contributed by atoms with Crippen molar-refractivity contribution >= 4 is 11.8 Å². The number of hydrogen-bond acceptors (Lipinski definition) is 4. The average Bonchev–Trinajstić information content (AvgIpc) is 2.67. The van der Waals surface area contributed by atoms with E-state index in [-0.39, 0.29) is 30.8 Å². The van der Waals surface area contributed by atoms with Gasteiger partial charge < -0.3 is 20.3 Å².